The van der Waals surface area contributed by atoms with Crippen molar-refractivity contribution in [2.24, 2.45) is 0 Å². The van der Waals surface area contributed by atoms with E-state index >= 15 is 0 Å². The first kappa shape index (κ1) is 17.4. The van der Waals surface area contributed by atoms with Gasteiger partial charge in [0.1, 0.15) is 0 Å². The predicted octanol–water partition coefficient (Wildman–Crippen LogP) is 4.07. The molecule has 1 aromatic carbocycles. The fourth-order valence-electron chi connectivity index (χ4n) is 2.58. The smallest absolute Gasteiger partial charge is 0.191 e. The van der Waals surface area contributed by atoms with E-state index < -0.39 is 0 Å². The van der Waals surface area contributed by atoms with Crippen LogP contribution in [0.15, 0.2) is 30.3 Å². The lowest BCUT2D eigenvalue weighted by molar-refractivity contribution is 0.148. The second kappa shape index (κ2) is 9.32. The fourth-order valence-corrected chi connectivity index (χ4v) is 2.80. The molecule has 4 heteroatoms. The Morgan fingerprint density at radius 3 is 2.75 bits per heavy atom. The molecule has 1 fully saturated rings. The summed E-state index contributed by atoms with van der Waals surface area (Å²) in [6.07, 6.45) is 5.11. The van der Waals surface area contributed by atoms with Gasteiger partial charge in [-0.25, -0.2) is 0 Å². The first-order chi connectivity index (χ1) is 9.27. The molecule has 20 heavy (non-hydrogen) atoms. The van der Waals surface area contributed by atoms with E-state index in [1.165, 1.54) is 25.8 Å². The average molecular weight is 314 g/mol. The Morgan fingerprint density at radius 1 is 1.30 bits per heavy atom. The van der Waals surface area contributed by atoms with Crippen LogP contribution < -0.4 is 0 Å². The number of benzene rings is 1. The number of halogens is 1. The van der Waals surface area contributed by atoms with Gasteiger partial charge in [0.25, 0.3) is 0 Å². The molecule has 2 nitrogen and oxygen atoms in total. The number of thiocarbonyl (C=S) groups is 1. The maximum absolute atomic E-state index is 5.66. The van der Waals surface area contributed by atoms with Gasteiger partial charge in [-0.1, -0.05) is 36.8 Å². The molecule has 0 aliphatic carbocycles. The van der Waals surface area contributed by atoms with Crippen LogP contribution in [-0.4, -0.2) is 35.7 Å². The largest absolute Gasteiger partial charge is 0.483 e. The van der Waals surface area contributed by atoms with Gasteiger partial charge in [-0.2, -0.15) is 0 Å². The summed E-state index contributed by atoms with van der Waals surface area (Å²) in [6, 6.07) is 10.7. The second-order valence-corrected chi connectivity index (χ2v) is 5.61. The van der Waals surface area contributed by atoms with Crippen molar-refractivity contribution in [3.63, 3.8) is 0 Å². The third-order valence-corrected chi connectivity index (χ3v) is 4.13. The molecule has 1 aliphatic heterocycles. The zero-order valence-corrected chi connectivity index (χ0v) is 13.7. The number of ether oxygens (including phenoxy) is 1. The van der Waals surface area contributed by atoms with Crippen molar-refractivity contribution in [1.82, 2.24) is 4.90 Å². The summed E-state index contributed by atoms with van der Waals surface area (Å²) >= 11 is 5.28. The van der Waals surface area contributed by atoms with Crippen molar-refractivity contribution in [3.05, 3.63) is 35.9 Å². The van der Waals surface area contributed by atoms with Crippen LogP contribution in [0.2, 0.25) is 0 Å². The third kappa shape index (κ3) is 5.39. The normalized spacial score (nSPS) is 19.1. The Balaban J connectivity index is 0.00000200. The zero-order valence-electron chi connectivity index (χ0n) is 12.1. The quantitative estimate of drug-likeness (QED) is 0.601. The molecule has 0 radical (unpaired) electrons. The number of rotatable bonds is 5. The van der Waals surface area contributed by atoms with E-state index in [2.05, 4.69) is 11.8 Å². The van der Waals surface area contributed by atoms with E-state index in [1.54, 1.807) is 0 Å². The molecule has 112 valence electrons. The van der Waals surface area contributed by atoms with E-state index in [1.807, 2.05) is 30.3 Å². The van der Waals surface area contributed by atoms with Gasteiger partial charge in [0.15, 0.2) is 5.05 Å². The standard InChI is InChI=1S/C16H23NOS.ClH/c1-14-8-5-6-11-17(14)12-7-13-18-16(19)15-9-3-2-4-10-15;/h2-4,9-10,14H,5-8,11-13H2,1H3;1H. The first-order valence-electron chi connectivity index (χ1n) is 7.23. The Labute approximate surface area is 133 Å². The van der Waals surface area contributed by atoms with Gasteiger partial charge >= 0.3 is 0 Å². The van der Waals surface area contributed by atoms with Gasteiger partial charge in [-0.3, -0.25) is 0 Å². The fraction of sp³-hybridized carbons (Fsp3) is 0.562. The van der Waals surface area contributed by atoms with Crippen LogP contribution in [0.25, 0.3) is 0 Å². The Kier molecular flexibility index (Phi) is 8.12. The lowest BCUT2D eigenvalue weighted by atomic mass is 10.0. The summed E-state index contributed by atoms with van der Waals surface area (Å²) in [6.45, 7) is 5.41. The lowest BCUT2D eigenvalue weighted by Gasteiger charge is -2.33. The Morgan fingerprint density at radius 2 is 2.05 bits per heavy atom. The van der Waals surface area contributed by atoms with E-state index in [-0.39, 0.29) is 12.4 Å². The molecule has 0 bridgehead atoms. The van der Waals surface area contributed by atoms with Gasteiger partial charge in [0.2, 0.25) is 0 Å². The summed E-state index contributed by atoms with van der Waals surface area (Å²) in [7, 11) is 0. The topological polar surface area (TPSA) is 12.5 Å². The highest BCUT2D eigenvalue weighted by Crippen LogP contribution is 2.16. The molecule has 1 atom stereocenters. The van der Waals surface area contributed by atoms with Crippen molar-refractivity contribution in [3.8, 4) is 0 Å². The number of hydrogen-bond donors (Lipinski definition) is 0. The van der Waals surface area contributed by atoms with Crippen molar-refractivity contribution < 1.29 is 4.74 Å². The first-order valence-corrected chi connectivity index (χ1v) is 7.64. The third-order valence-electron chi connectivity index (χ3n) is 3.77. The second-order valence-electron chi connectivity index (χ2n) is 5.24. The molecule has 1 saturated heterocycles. The van der Waals surface area contributed by atoms with Gasteiger partial charge < -0.3 is 9.64 Å². The maximum Gasteiger partial charge on any atom is 0.191 e. The molecule has 1 heterocycles. The van der Waals surface area contributed by atoms with Crippen LogP contribution in [0, 0.1) is 0 Å². The molecule has 0 aromatic heterocycles. The SMILES string of the molecule is CC1CCCCN1CCCOC(=S)c1ccccc1.Cl. The molecule has 1 unspecified atom stereocenters. The number of piperidine rings is 1. The molecule has 0 saturated carbocycles. The van der Waals surface area contributed by atoms with Crippen molar-refractivity contribution >= 4 is 29.7 Å². The Hall–Kier alpha value is -0.640. The van der Waals surface area contributed by atoms with E-state index in [9.17, 15) is 0 Å². The van der Waals surface area contributed by atoms with E-state index in [0.717, 1.165) is 31.2 Å². The average Bonchev–Trinajstić information content (AvgIpc) is 2.46. The monoisotopic (exact) mass is 313 g/mol. The van der Waals surface area contributed by atoms with Crippen LogP contribution in [0.1, 0.15) is 38.2 Å². The molecule has 2 rings (SSSR count). The summed E-state index contributed by atoms with van der Waals surface area (Å²) in [5, 5.41) is 0.618. The number of nitrogens with zero attached hydrogens (tertiary/aromatic N) is 1. The summed E-state index contributed by atoms with van der Waals surface area (Å²) < 4.78 is 5.66. The van der Waals surface area contributed by atoms with Gasteiger partial charge in [-0.15, -0.1) is 12.4 Å². The summed E-state index contributed by atoms with van der Waals surface area (Å²) in [5.74, 6) is 0. The van der Waals surface area contributed by atoms with Crippen LogP contribution in [0.4, 0.5) is 0 Å². The van der Waals surface area contributed by atoms with Crippen LogP contribution in [0.3, 0.4) is 0 Å². The highest BCUT2D eigenvalue weighted by molar-refractivity contribution is 7.80. The molecular weight excluding hydrogens is 290 g/mol. The highest BCUT2D eigenvalue weighted by atomic mass is 35.5. The molecule has 0 spiro atoms. The zero-order chi connectivity index (χ0) is 13.5. The molecule has 1 aromatic rings. The van der Waals surface area contributed by atoms with Gasteiger partial charge in [0, 0.05) is 18.2 Å². The minimum Gasteiger partial charge on any atom is -0.483 e. The predicted molar refractivity (Wildman–Crippen MR) is 90.8 cm³/mol. The maximum atomic E-state index is 5.66. The number of likely N-dealkylation sites (tertiary alicyclic amines) is 1. The minimum absolute atomic E-state index is 0. The van der Waals surface area contributed by atoms with Crippen molar-refractivity contribution in [1.29, 1.82) is 0 Å². The molecule has 0 amide bonds. The van der Waals surface area contributed by atoms with Gasteiger partial charge in [-0.05, 0) is 44.9 Å². The molecular formula is C16H24ClNOS. The van der Waals surface area contributed by atoms with Crippen molar-refractivity contribution in [2.45, 2.75) is 38.6 Å². The van der Waals surface area contributed by atoms with Crippen molar-refractivity contribution in [2.75, 3.05) is 19.7 Å². The summed E-state index contributed by atoms with van der Waals surface area (Å²) in [5.41, 5.74) is 1.00. The van der Waals surface area contributed by atoms with E-state index in [0.29, 0.717) is 5.05 Å². The lowest BCUT2D eigenvalue weighted by Crippen LogP contribution is -2.38. The molecule has 1 aliphatic rings. The molecule has 0 N–H and O–H groups in total. The minimum atomic E-state index is 0. The van der Waals surface area contributed by atoms with Crippen LogP contribution in [-0.2, 0) is 4.74 Å². The number of hydrogen-bond acceptors (Lipinski definition) is 3. The summed E-state index contributed by atoms with van der Waals surface area (Å²) in [4.78, 5) is 2.57. The van der Waals surface area contributed by atoms with Crippen LogP contribution >= 0.6 is 24.6 Å². The van der Waals surface area contributed by atoms with Crippen LogP contribution in [0.5, 0.6) is 0 Å². The van der Waals surface area contributed by atoms with Gasteiger partial charge in [0.05, 0.1) is 6.61 Å². The Bertz CT molecular complexity index is 399. The van der Waals surface area contributed by atoms with E-state index in [4.69, 9.17) is 17.0 Å². The highest BCUT2D eigenvalue weighted by Gasteiger charge is 2.17.